The van der Waals surface area contributed by atoms with Crippen LogP contribution in [0.4, 0.5) is 0 Å². The minimum absolute atomic E-state index is 0.0880. The molecule has 0 N–H and O–H groups in total. The minimum atomic E-state index is -0.846. The highest BCUT2D eigenvalue weighted by molar-refractivity contribution is 5.72. The third-order valence-corrected chi connectivity index (χ3v) is 13.5. The van der Waals surface area contributed by atoms with E-state index in [1.807, 2.05) is 6.08 Å². The Labute approximate surface area is 499 Å². The first-order valence-corrected chi connectivity index (χ1v) is 33.0. The predicted octanol–water partition coefficient (Wildman–Crippen LogP) is 22.9. The first-order valence-electron chi connectivity index (χ1n) is 33.0. The first kappa shape index (κ1) is 76.0. The van der Waals surface area contributed by atoms with Crippen LogP contribution in [0, 0.1) is 0 Å². The molecule has 6 heteroatoms. The van der Waals surface area contributed by atoms with E-state index in [4.69, 9.17) is 14.2 Å². The van der Waals surface area contributed by atoms with Crippen LogP contribution < -0.4 is 0 Å². The minimum Gasteiger partial charge on any atom is -0.462 e. The van der Waals surface area contributed by atoms with E-state index in [9.17, 15) is 14.4 Å². The summed E-state index contributed by atoms with van der Waals surface area (Å²) in [4.78, 5) is 38.2. The van der Waals surface area contributed by atoms with Gasteiger partial charge in [0.1, 0.15) is 13.2 Å². The number of unbranched alkanes of at least 4 members (excludes halogenated alkanes) is 22. The standard InChI is InChI=1S/C75H120O6/c1-4-7-10-13-16-19-22-25-28-29-30-31-32-33-34-35-36-37-38-39-40-41-42-43-44-45-48-50-53-56-59-62-65-68-74(77)80-71-72(81-75(78)69-66-63-60-57-54-51-47-27-24-21-18-15-12-9-6-3)70-79-73(76)67-64-61-58-55-52-49-46-26-23-20-17-14-11-8-5-2/h7-12,16-21,25-28,30-31,33-34,46-47,54,57,63,66,72H,4-6,13-15,22-24,29,32,35-45,48-53,55-56,58-62,64-65,67-71H2,1-3H3/b10-7-,11-8-,12-9-,19-16-,20-17-,21-18-,28-25-,31-30-,34-33-,46-26-,47-27-,57-54-,66-63-. The van der Waals surface area contributed by atoms with E-state index >= 15 is 0 Å². The Kier molecular flexibility index (Phi) is 63.4. The monoisotopic (exact) mass is 1120 g/mol. The van der Waals surface area contributed by atoms with Gasteiger partial charge in [0.05, 0.1) is 6.42 Å². The Balaban J connectivity index is 4.27. The summed E-state index contributed by atoms with van der Waals surface area (Å²) in [6.45, 7) is 6.20. The van der Waals surface area contributed by atoms with Gasteiger partial charge in [0.15, 0.2) is 6.10 Å². The molecule has 6 nitrogen and oxygen atoms in total. The molecule has 0 spiro atoms. The summed E-state index contributed by atoms with van der Waals surface area (Å²) >= 11 is 0. The fourth-order valence-electron chi connectivity index (χ4n) is 8.74. The van der Waals surface area contributed by atoms with Crippen LogP contribution in [0.1, 0.15) is 278 Å². The molecule has 456 valence electrons. The Morgan fingerprint density at radius 3 is 0.753 bits per heavy atom. The molecule has 0 radical (unpaired) electrons. The molecule has 0 rings (SSSR count). The summed E-state index contributed by atoms with van der Waals surface area (Å²) in [5.74, 6) is -1.07. The van der Waals surface area contributed by atoms with E-state index in [2.05, 4.69) is 167 Å². The lowest BCUT2D eigenvalue weighted by Crippen LogP contribution is -2.30. The largest absolute Gasteiger partial charge is 0.462 e. The predicted molar refractivity (Wildman–Crippen MR) is 352 cm³/mol. The van der Waals surface area contributed by atoms with Crippen molar-refractivity contribution in [3.63, 3.8) is 0 Å². The maximum absolute atomic E-state index is 12.8. The van der Waals surface area contributed by atoms with Gasteiger partial charge < -0.3 is 14.2 Å². The normalized spacial score (nSPS) is 13.2. The second-order valence-corrected chi connectivity index (χ2v) is 21.2. The summed E-state index contributed by atoms with van der Waals surface area (Å²) in [7, 11) is 0. The lowest BCUT2D eigenvalue weighted by molar-refractivity contribution is -0.166. The van der Waals surface area contributed by atoms with Crippen LogP contribution in [-0.4, -0.2) is 37.2 Å². The highest BCUT2D eigenvalue weighted by Gasteiger charge is 2.19. The molecular weight excluding hydrogens is 997 g/mol. The van der Waals surface area contributed by atoms with Gasteiger partial charge in [0, 0.05) is 12.8 Å². The van der Waals surface area contributed by atoms with Crippen molar-refractivity contribution in [1.29, 1.82) is 0 Å². The SMILES string of the molecule is CC/C=C\C/C=C\C/C=C\C/C=C\C/C=C\CCCCCCCCCCCCCCCCCCCC(=O)OCC(COC(=O)CCCCCCC/C=C\C/C=C\C/C=C\CC)OC(=O)C/C=C\C/C=C\C/C=C\C/C=C\C/C=C\CC. The molecule has 0 bridgehead atoms. The molecule has 0 aliphatic heterocycles. The van der Waals surface area contributed by atoms with Crippen molar-refractivity contribution in [3.8, 4) is 0 Å². The zero-order valence-electron chi connectivity index (χ0n) is 52.2. The van der Waals surface area contributed by atoms with Crippen LogP contribution in [0.3, 0.4) is 0 Å². The van der Waals surface area contributed by atoms with E-state index in [0.717, 1.165) is 135 Å². The fraction of sp³-hybridized carbons (Fsp3) is 0.613. The summed E-state index contributed by atoms with van der Waals surface area (Å²) in [6.07, 6.45) is 98.7. The number of ether oxygens (including phenoxy) is 3. The van der Waals surface area contributed by atoms with E-state index in [-0.39, 0.29) is 31.6 Å². The Morgan fingerprint density at radius 1 is 0.259 bits per heavy atom. The van der Waals surface area contributed by atoms with Gasteiger partial charge in [0.25, 0.3) is 0 Å². The average molecular weight is 1120 g/mol. The molecule has 0 fully saturated rings. The van der Waals surface area contributed by atoms with Gasteiger partial charge in [-0.3, -0.25) is 14.4 Å². The topological polar surface area (TPSA) is 78.9 Å². The number of allylic oxidation sites excluding steroid dienone is 25. The van der Waals surface area contributed by atoms with Gasteiger partial charge in [-0.25, -0.2) is 0 Å². The third kappa shape index (κ3) is 65.7. The molecule has 0 aliphatic rings. The second kappa shape index (κ2) is 67.5. The maximum atomic E-state index is 12.8. The fourth-order valence-corrected chi connectivity index (χ4v) is 8.74. The molecule has 0 aromatic heterocycles. The molecule has 0 aromatic carbocycles. The second-order valence-electron chi connectivity index (χ2n) is 21.2. The molecule has 0 heterocycles. The maximum Gasteiger partial charge on any atom is 0.310 e. The number of hydrogen-bond donors (Lipinski definition) is 0. The van der Waals surface area contributed by atoms with E-state index in [0.29, 0.717) is 19.3 Å². The highest BCUT2D eigenvalue weighted by Crippen LogP contribution is 2.16. The van der Waals surface area contributed by atoms with Gasteiger partial charge in [-0.05, 0) is 122 Å². The first-order chi connectivity index (χ1) is 40.0. The smallest absolute Gasteiger partial charge is 0.310 e. The van der Waals surface area contributed by atoms with Gasteiger partial charge in [-0.1, -0.05) is 294 Å². The van der Waals surface area contributed by atoms with Gasteiger partial charge in [0.2, 0.25) is 0 Å². The molecule has 1 atom stereocenters. The van der Waals surface area contributed by atoms with E-state index < -0.39 is 12.1 Å². The number of hydrogen-bond acceptors (Lipinski definition) is 6. The molecule has 0 saturated carbocycles. The van der Waals surface area contributed by atoms with Crippen LogP contribution in [0.25, 0.3) is 0 Å². The summed E-state index contributed by atoms with van der Waals surface area (Å²) in [5, 5.41) is 0. The average Bonchev–Trinajstić information content (AvgIpc) is 3.47. The van der Waals surface area contributed by atoms with E-state index in [1.165, 1.54) is 96.3 Å². The van der Waals surface area contributed by atoms with Crippen molar-refractivity contribution < 1.29 is 28.6 Å². The van der Waals surface area contributed by atoms with Crippen LogP contribution in [0.5, 0.6) is 0 Å². The van der Waals surface area contributed by atoms with Gasteiger partial charge in [-0.15, -0.1) is 0 Å². The van der Waals surface area contributed by atoms with E-state index in [1.54, 1.807) is 6.08 Å². The van der Waals surface area contributed by atoms with Gasteiger partial charge >= 0.3 is 17.9 Å². The molecule has 0 aliphatic carbocycles. The van der Waals surface area contributed by atoms with Crippen LogP contribution in [0.15, 0.2) is 158 Å². The lowest BCUT2D eigenvalue weighted by atomic mass is 10.0. The summed E-state index contributed by atoms with van der Waals surface area (Å²) in [5.41, 5.74) is 0. The third-order valence-electron chi connectivity index (χ3n) is 13.5. The highest BCUT2D eigenvalue weighted by atomic mass is 16.6. The Bertz CT molecular complexity index is 1810. The Morgan fingerprint density at radius 2 is 0.481 bits per heavy atom. The molecule has 1 unspecified atom stereocenters. The van der Waals surface area contributed by atoms with Crippen molar-refractivity contribution in [2.45, 2.75) is 284 Å². The molecule has 81 heavy (non-hydrogen) atoms. The molecular formula is C75H120O6. The molecule has 0 aromatic rings. The Hall–Kier alpha value is -4.97. The van der Waals surface area contributed by atoms with Crippen molar-refractivity contribution in [3.05, 3.63) is 158 Å². The van der Waals surface area contributed by atoms with Crippen molar-refractivity contribution in [2.75, 3.05) is 13.2 Å². The molecule has 0 amide bonds. The quantitative estimate of drug-likeness (QED) is 0.0261. The number of carbonyl (C=O) groups is 3. The van der Waals surface area contributed by atoms with Crippen molar-refractivity contribution in [1.82, 2.24) is 0 Å². The zero-order chi connectivity index (χ0) is 58.5. The lowest BCUT2D eigenvalue weighted by Gasteiger charge is -2.18. The number of esters is 3. The van der Waals surface area contributed by atoms with Crippen LogP contribution in [-0.2, 0) is 28.6 Å². The molecule has 0 saturated heterocycles. The van der Waals surface area contributed by atoms with Crippen LogP contribution in [0.2, 0.25) is 0 Å². The summed E-state index contributed by atoms with van der Waals surface area (Å²) < 4.78 is 16.8. The number of carbonyl (C=O) groups excluding carboxylic acids is 3. The zero-order valence-corrected chi connectivity index (χ0v) is 52.2. The van der Waals surface area contributed by atoms with Crippen molar-refractivity contribution >= 4 is 17.9 Å². The van der Waals surface area contributed by atoms with Gasteiger partial charge in [-0.2, -0.15) is 0 Å². The number of rotatable bonds is 58. The van der Waals surface area contributed by atoms with Crippen molar-refractivity contribution in [2.24, 2.45) is 0 Å². The van der Waals surface area contributed by atoms with Crippen LogP contribution >= 0.6 is 0 Å². The summed E-state index contributed by atoms with van der Waals surface area (Å²) in [6, 6.07) is 0.